The lowest BCUT2D eigenvalue weighted by Gasteiger charge is -2.13. The van der Waals surface area contributed by atoms with Gasteiger partial charge in [0.25, 0.3) is 10.1 Å². The van der Waals surface area contributed by atoms with Gasteiger partial charge in [0, 0.05) is 0 Å². The van der Waals surface area contributed by atoms with Crippen LogP contribution in [0.25, 0.3) is 0 Å². The molecule has 0 fully saturated rings. The first-order valence-electron chi connectivity index (χ1n) is 3.21. The highest BCUT2D eigenvalue weighted by atomic mass is 32.2. The van der Waals surface area contributed by atoms with E-state index in [9.17, 15) is 26.0 Å². The largest absolute Gasteiger partial charge is 0.344 e. The molecule has 0 aromatic rings. The molecule has 0 aliphatic carbocycles. The SMILES string of the molecule is N.O=S(=O)(O)CC(F)C(F)C(F)CF. The van der Waals surface area contributed by atoms with Gasteiger partial charge in [-0.2, -0.15) is 8.42 Å². The maximum Gasteiger partial charge on any atom is 0.267 e. The molecule has 0 aromatic heterocycles. The van der Waals surface area contributed by atoms with Crippen molar-refractivity contribution in [2.75, 3.05) is 12.4 Å². The van der Waals surface area contributed by atoms with Crippen LogP contribution < -0.4 is 6.15 Å². The van der Waals surface area contributed by atoms with Crippen molar-refractivity contribution in [1.29, 1.82) is 0 Å². The fourth-order valence-corrected chi connectivity index (χ4v) is 1.19. The third kappa shape index (κ3) is 6.11. The van der Waals surface area contributed by atoms with Crippen LogP contribution in [-0.4, -0.2) is 43.9 Å². The third-order valence-electron chi connectivity index (χ3n) is 1.21. The first-order chi connectivity index (χ1) is 5.78. The van der Waals surface area contributed by atoms with E-state index in [1.807, 2.05) is 0 Å². The highest BCUT2D eigenvalue weighted by Crippen LogP contribution is 2.14. The summed E-state index contributed by atoms with van der Waals surface area (Å²) >= 11 is 0. The molecule has 0 heterocycles. The molecule has 3 unspecified atom stereocenters. The number of hydrogen-bond donors (Lipinski definition) is 2. The summed E-state index contributed by atoms with van der Waals surface area (Å²) in [4.78, 5) is 0. The Labute approximate surface area is 78.6 Å². The zero-order valence-corrected chi connectivity index (χ0v) is 7.85. The smallest absolute Gasteiger partial charge is 0.267 e. The summed E-state index contributed by atoms with van der Waals surface area (Å²) < 4.78 is 76.3. The van der Waals surface area contributed by atoms with Crippen molar-refractivity contribution in [2.24, 2.45) is 0 Å². The molecule has 4 nitrogen and oxygen atoms in total. The van der Waals surface area contributed by atoms with Crippen LogP contribution in [-0.2, 0) is 10.1 Å². The quantitative estimate of drug-likeness (QED) is 0.555. The van der Waals surface area contributed by atoms with E-state index in [2.05, 4.69) is 0 Å². The Hall–Kier alpha value is -0.410. The van der Waals surface area contributed by atoms with E-state index in [0.717, 1.165) is 0 Å². The maximum atomic E-state index is 12.4. The van der Waals surface area contributed by atoms with Gasteiger partial charge in [0.05, 0.1) is 0 Å². The molecule has 0 aromatic carbocycles. The average molecular weight is 241 g/mol. The molecule has 0 amide bonds. The van der Waals surface area contributed by atoms with Crippen LogP contribution >= 0.6 is 0 Å². The Bertz CT molecular complexity index is 247. The van der Waals surface area contributed by atoms with E-state index in [4.69, 9.17) is 4.55 Å². The molecule has 0 aliphatic heterocycles. The van der Waals surface area contributed by atoms with Crippen molar-refractivity contribution in [3.05, 3.63) is 0 Å². The molecule has 0 bridgehead atoms. The van der Waals surface area contributed by atoms with Gasteiger partial charge in [-0.15, -0.1) is 0 Å². The van der Waals surface area contributed by atoms with E-state index >= 15 is 0 Å². The topological polar surface area (TPSA) is 89.4 Å². The van der Waals surface area contributed by atoms with Gasteiger partial charge in [-0.05, 0) is 0 Å². The van der Waals surface area contributed by atoms with Crippen molar-refractivity contribution < 1.29 is 30.5 Å². The molecule has 3 atom stereocenters. The fraction of sp³-hybridized carbons (Fsp3) is 1.00. The lowest BCUT2D eigenvalue weighted by molar-refractivity contribution is 0.0761. The van der Waals surface area contributed by atoms with Gasteiger partial charge in [-0.1, -0.05) is 0 Å². The van der Waals surface area contributed by atoms with E-state index in [1.165, 1.54) is 0 Å². The van der Waals surface area contributed by atoms with Crippen molar-refractivity contribution in [3.63, 3.8) is 0 Å². The first-order valence-corrected chi connectivity index (χ1v) is 4.82. The summed E-state index contributed by atoms with van der Waals surface area (Å²) in [6.45, 7) is -1.74. The Kier molecular flexibility index (Phi) is 7.04. The van der Waals surface area contributed by atoms with Crippen LogP contribution in [0, 0.1) is 0 Å². The lowest BCUT2D eigenvalue weighted by Crippen LogP contribution is -2.34. The molecule has 0 aliphatic rings. The Morgan fingerprint density at radius 2 is 1.57 bits per heavy atom. The standard InChI is InChI=1S/C5H8F4O3S.H3N/c6-1-3(7)5(9)4(8)2-13(10,11)12;/h3-5H,1-2H2,(H,10,11,12);1H3. The molecule has 0 saturated carbocycles. The van der Waals surface area contributed by atoms with Gasteiger partial charge in [0.2, 0.25) is 0 Å². The predicted molar refractivity (Wildman–Crippen MR) is 42.1 cm³/mol. The summed E-state index contributed by atoms with van der Waals surface area (Å²) in [6, 6.07) is 0. The zero-order chi connectivity index (χ0) is 10.6. The molecular formula is C5H11F4NO3S. The van der Waals surface area contributed by atoms with Gasteiger partial charge in [-0.25, -0.2) is 17.6 Å². The van der Waals surface area contributed by atoms with Crippen molar-refractivity contribution in [1.82, 2.24) is 6.15 Å². The molecule has 0 saturated heterocycles. The van der Waals surface area contributed by atoms with Gasteiger partial charge in [-0.3, -0.25) is 4.55 Å². The Balaban J connectivity index is 0. The summed E-state index contributed by atoms with van der Waals surface area (Å²) in [7, 11) is -4.71. The van der Waals surface area contributed by atoms with Crippen molar-refractivity contribution in [3.8, 4) is 0 Å². The van der Waals surface area contributed by atoms with E-state index in [-0.39, 0.29) is 6.15 Å². The second-order valence-electron chi connectivity index (χ2n) is 2.38. The summed E-state index contributed by atoms with van der Waals surface area (Å²) in [5.41, 5.74) is 0. The minimum absolute atomic E-state index is 0. The van der Waals surface area contributed by atoms with Crippen LogP contribution in [0.5, 0.6) is 0 Å². The monoisotopic (exact) mass is 241 g/mol. The van der Waals surface area contributed by atoms with Crippen LogP contribution in [0.4, 0.5) is 17.6 Å². The number of hydrogen-bond acceptors (Lipinski definition) is 3. The molecular weight excluding hydrogens is 230 g/mol. The maximum absolute atomic E-state index is 12.4. The van der Waals surface area contributed by atoms with E-state index in [0.29, 0.717) is 0 Å². The Morgan fingerprint density at radius 1 is 1.14 bits per heavy atom. The first kappa shape index (κ1) is 16.0. The molecule has 9 heteroatoms. The zero-order valence-electron chi connectivity index (χ0n) is 7.04. The van der Waals surface area contributed by atoms with Crippen LogP contribution in [0.2, 0.25) is 0 Å². The predicted octanol–water partition coefficient (Wildman–Crippen LogP) is 1.02. The summed E-state index contributed by atoms with van der Waals surface area (Å²) in [5.74, 6) is -1.57. The van der Waals surface area contributed by atoms with Crippen LogP contribution in [0.1, 0.15) is 0 Å². The second-order valence-corrected chi connectivity index (χ2v) is 3.88. The highest BCUT2D eigenvalue weighted by Gasteiger charge is 2.32. The highest BCUT2D eigenvalue weighted by molar-refractivity contribution is 7.85. The lowest BCUT2D eigenvalue weighted by atomic mass is 10.2. The molecule has 0 spiro atoms. The molecule has 4 N–H and O–H groups in total. The fourth-order valence-electron chi connectivity index (χ4n) is 0.605. The minimum Gasteiger partial charge on any atom is -0.344 e. The van der Waals surface area contributed by atoms with Crippen molar-refractivity contribution in [2.45, 2.75) is 18.5 Å². The van der Waals surface area contributed by atoms with Gasteiger partial charge in [0.1, 0.15) is 12.4 Å². The normalized spacial score (nSPS) is 18.1. The second kappa shape index (κ2) is 6.14. The third-order valence-corrected chi connectivity index (χ3v) is 1.95. The average Bonchev–Trinajstić information content (AvgIpc) is 1.98. The van der Waals surface area contributed by atoms with Crippen LogP contribution in [0.3, 0.4) is 0 Å². The number of alkyl halides is 4. The molecule has 0 rings (SSSR count). The molecule has 88 valence electrons. The minimum atomic E-state index is -4.71. The molecule has 14 heavy (non-hydrogen) atoms. The van der Waals surface area contributed by atoms with Crippen molar-refractivity contribution >= 4 is 10.1 Å². The number of halogens is 4. The summed E-state index contributed by atoms with van der Waals surface area (Å²) in [5, 5.41) is 0. The Morgan fingerprint density at radius 3 is 1.86 bits per heavy atom. The van der Waals surface area contributed by atoms with E-state index < -0.39 is 41.1 Å². The van der Waals surface area contributed by atoms with E-state index in [1.54, 1.807) is 0 Å². The number of rotatable bonds is 5. The van der Waals surface area contributed by atoms with Gasteiger partial charge in [0.15, 0.2) is 18.5 Å². The molecule has 0 radical (unpaired) electrons. The van der Waals surface area contributed by atoms with Crippen LogP contribution in [0.15, 0.2) is 0 Å². The summed E-state index contributed by atoms with van der Waals surface area (Å²) in [6.07, 6.45) is -8.36. The van der Waals surface area contributed by atoms with Gasteiger partial charge >= 0.3 is 0 Å². The van der Waals surface area contributed by atoms with Gasteiger partial charge < -0.3 is 6.15 Å².